The molecule has 3 aromatic carbocycles. The number of carbonyl (C=O) groups excluding carboxylic acids is 1. The number of methoxy groups -OCH3 is 1. The number of hydrogen-bond donors (Lipinski definition) is 3. The minimum absolute atomic E-state index is 0.304. The van der Waals surface area contributed by atoms with Gasteiger partial charge in [-0.05, 0) is 54.1 Å². The summed E-state index contributed by atoms with van der Waals surface area (Å²) in [7, 11) is 1.62. The van der Waals surface area contributed by atoms with Crippen molar-refractivity contribution in [1.82, 2.24) is 14.6 Å². The van der Waals surface area contributed by atoms with Crippen molar-refractivity contribution < 1.29 is 9.53 Å². The van der Waals surface area contributed by atoms with Crippen molar-refractivity contribution in [3.63, 3.8) is 0 Å². The van der Waals surface area contributed by atoms with E-state index in [1.165, 1.54) is 0 Å². The van der Waals surface area contributed by atoms with Crippen molar-refractivity contribution in [2.45, 2.75) is 0 Å². The summed E-state index contributed by atoms with van der Waals surface area (Å²) in [4.78, 5) is 16.9. The van der Waals surface area contributed by atoms with E-state index in [1.54, 1.807) is 11.6 Å². The van der Waals surface area contributed by atoms with E-state index < -0.39 is 0 Å². The molecule has 0 bridgehead atoms. The second-order valence-corrected chi connectivity index (χ2v) is 7.51. The van der Waals surface area contributed by atoms with E-state index in [2.05, 4.69) is 26.0 Å². The number of benzene rings is 3. The standard InChI is InChI=1S/C26H22N6O2/c1-34-23-13-6-5-12-22(23)29-25-30-24-15-14-19(17-32(24)31-25)18-8-7-11-21(16-18)28-26(33)27-20-9-3-2-4-10-20/h2-17H,1H3,(H,29,31)(H2,27,28,33). The van der Waals surface area contributed by atoms with Gasteiger partial charge in [0.2, 0.25) is 5.95 Å². The van der Waals surface area contributed by atoms with Crippen LogP contribution in [0.5, 0.6) is 5.75 Å². The summed E-state index contributed by atoms with van der Waals surface area (Å²) < 4.78 is 7.10. The SMILES string of the molecule is COc1ccccc1Nc1nc2ccc(-c3cccc(NC(=O)Nc4ccccc4)c3)cn2n1. The number of pyridine rings is 1. The van der Waals surface area contributed by atoms with Crippen molar-refractivity contribution in [3.05, 3.63) is 97.2 Å². The maximum atomic E-state index is 12.3. The Morgan fingerprint density at radius 2 is 1.59 bits per heavy atom. The van der Waals surface area contributed by atoms with Gasteiger partial charge in [-0.15, -0.1) is 5.10 Å². The molecule has 2 heterocycles. The van der Waals surface area contributed by atoms with Crippen LogP contribution in [0.15, 0.2) is 97.2 Å². The Balaban J connectivity index is 1.34. The van der Waals surface area contributed by atoms with Crippen LogP contribution in [0.2, 0.25) is 0 Å². The van der Waals surface area contributed by atoms with Crippen molar-refractivity contribution in [2.24, 2.45) is 0 Å². The first-order valence-electron chi connectivity index (χ1n) is 10.7. The summed E-state index contributed by atoms with van der Waals surface area (Å²) in [5.74, 6) is 1.18. The number of hydrogen-bond acceptors (Lipinski definition) is 5. The molecule has 2 aromatic heterocycles. The third kappa shape index (κ3) is 4.66. The molecule has 0 spiro atoms. The number of carbonyl (C=O) groups is 1. The van der Waals surface area contributed by atoms with Crippen molar-refractivity contribution in [1.29, 1.82) is 0 Å². The number of para-hydroxylation sites is 3. The van der Waals surface area contributed by atoms with Gasteiger partial charge in [-0.3, -0.25) is 0 Å². The van der Waals surface area contributed by atoms with Crippen LogP contribution in [0.1, 0.15) is 0 Å². The zero-order valence-corrected chi connectivity index (χ0v) is 18.4. The molecule has 34 heavy (non-hydrogen) atoms. The van der Waals surface area contributed by atoms with E-state index in [0.717, 1.165) is 22.5 Å². The highest BCUT2D eigenvalue weighted by Gasteiger charge is 2.09. The van der Waals surface area contributed by atoms with E-state index in [-0.39, 0.29) is 6.03 Å². The molecule has 0 aliphatic rings. The van der Waals surface area contributed by atoms with Gasteiger partial charge in [0.25, 0.3) is 0 Å². The third-order valence-electron chi connectivity index (χ3n) is 5.17. The van der Waals surface area contributed by atoms with E-state index >= 15 is 0 Å². The van der Waals surface area contributed by atoms with Gasteiger partial charge in [0.1, 0.15) is 5.75 Å². The van der Waals surface area contributed by atoms with Gasteiger partial charge in [0.15, 0.2) is 5.65 Å². The molecule has 0 aliphatic carbocycles. The van der Waals surface area contributed by atoms with Crippen LogP contribution in [-0.4, -0.2) is 27.7 Å². The number of fused-ring (bicyclic) bond motifs is 1. The van der Waals surface area contributed by atoms with Crippen LogP contribution < -0.4 is 20.7 Å². The van der Waals surface area contributed by atoms with Crippen LogP contribution in [0.3, 0.4) is 0 Å². The molecule has 8 nitrogen and oxygen atoms in total. The van der Waals surface area contributed by atoms with Gasteiger partial charge in [0.05, 0.1) is 12.8 Å². The minimum Gasteiger partial charge on any atom is -0.495 e. The van der Waals surface area contributed by atoms with Gasteiger partial charge in [-0.2, -0.15) is 4.98 Å². The number of rotatable bonds is 6. The van der Waals surface area contributed by atoms with Crippen LogP contribution in [0, 0.1) is 0 Å². The first-order valence-corrected chi connectivity index (χ1v) is 10.7. The maximum absolute atomic E-state index is 12.3. The van der Waals surface area contributed by atoms with Crippen LogP contribution in [-0.2, 0) is 0 Å². The van der Waals surface area contributed by atoms with Gasteiger partial charge in [0, 0.05) is 23.1 Å². The average molecular weight is 451 g/mol. The number of nitrogens with one attached hydrogen (secondary N) is 3. The highest BCUT2D eigenvalue weighted by atomic mass is 16.5. The second kappa shape index (κ2) is 9.33. The predicted octanol–water partition coefficient (Wildman–Crippen LogP) is 5.79. The monoisotopic (exact) mass is 450 g/mol. The Labute approximate surface area is 196 Å². The summed E-state index contributed by atoms with van der Waals surface area (Å²) >= 11 is 0. The highest BCUT2D eigenvalue weighted by Crippen LogP contribution is 2.27. The van der Waals surface area contributed by atoms with Crippen LogP contribution in [0.4, 0.5) is 27.8 Å². The molecule has 168 valence electrons. The number of anilines is 4. The maximum Gasteiger partial charge on any atom is 0.323 e. The number of nitrogens with zero attached hydrogens (tertiary/aromatic N) is 3. The Hall–Kier alpha value is -4.85. The van der Waals surface area contributed by atoms with Gasteiger partial charge < -0.3 is 20.7 Å². The fourth-order valence-corrected chi connectivity index (χ4v) is 3.57. The van der Waals surface area contributed by atoms with Crippen molar-refractivity contribution in [2.75, 3.05) is 23.1 Å². The molecule has 8 heteroatoms. The molecule has 5 rings (SSSR count). The Kier molecular flexibility index (Phi) is 5.77. The molecule has 0 atom stereocenters. The lowest BCUT2D eigenvalue weighted by atomic mass is 10.1. The van der Waals surface area contributed by atoms with E-state index in [9.17, 15) is 4.79 Å². The fraction of sp³-hybridized carbons (Fsp3) is 0.0385. The zero-order chi connectivity index (χ0) is 23.3. The molecule has 0 radical (unpaired) electrons. The number of amides is 2. The summed E-state index contributed by atoms with van der Waals surface area (Å²) in [5, 5.41) is 13.4. The van der Waals surface area contributed by atoms with E-state index in [0.29, 0.717) is 23.0 Å². The summed E-state index contributed by atoms with van der Waals surface area (Å²) in [6.07, 6.45) is 1.90. The highest BCUT2D eigenvalue weighted by molar-refractivity contribution is 6.00. The Morgan fingerprint density at radius 1 is 0.824 bits per heavy atom. The molecule has 0 aliphatic heterocycles. The van der Waals surface area contributed by atoms with Gasteiger partial charge in [-0.1, -0.05) is 42.5 Å². The molecule has 0 fully saturated rings. The molecule has 0 saturated carbocycles. The average Bonchev–Trinajstić information content (AvgIpc) is 3.26. The topological polar surface area (TPSA) is 92.6 Å². The number of ether oxygens (including phenoxy) is 1. The summed E-state index contributed by atoms with van der Waals surface area (Å²) in [6.45, 7) is 0. The minimum atomic E-state index is -0.304. The van der Waals surface area contributed by atoms with Crippen LogP contribution >= 0.6 is 0 Å². The van der Waals surface area contributed by atoms with Gasteiger partial charge in [-0.25, -0.2) is 9.31 Å². The first-order chi connectivity index (χ1) is 16.7. The molecule has 0 saturated heterocycles. The normalized spacial score (nSPS) is 10.6. The van der Waals surface area contributed by atoms with Gasteiger partial charge >= 0.3 is 6.03 Å². The molecular weight excluding hydrogens is 428 g/mol. The molecule has 0 unspecified atom stereocenters. The van der Waals surface area contributed by atoms with Crippen molar-refractivity contribution >= 4 is 34.7 Å². The lowest BCUT2D eigenvalue weighted by Crippen LogP contribution is -2.19. The predicted molar refractivity (Wildman–Crippen MR) is 134 cm³/mol. The Bertz CT molecular complexity index is 1450. The molecule has 5 aromatic rings. The third-order valence-corrected chi connectivity index (χ3v) is 5.17. The largest absolute Gasteiger partial charge is 0.495 e. The second-order valence-electron chi connectivity index (χ2n) is 7.51. The van der Waals surface area contributed by atoms with E-state index in [1.807, 2.05) is 97.2 Å². The summed E-state index contributed by atoms with van der Waals surface area (Å²) in [5.41, 5.74) is 4.78. The smallest absolute Gasteiger partial charge is 0.323 e. The zero-order valence-electron chi connectivity index (χ0n) is 18.4. The number of aromatic nitrogens is 3. The van der Waals surface area contributed by atoms with Crippen LogP contribution in [0.25, 0.3) is 16.8 Å². The Morgan fingerprint density at radius 3 is 2.44 bits per heavy atom. The molecule has 2 amide bonds. The summed E-state index contributed by atoms with van der Waals surface area (Å²) in [6, 6.07) is 28.1. The molecule has 3 N–H and O–H groups in total. The first kappa shape index (κ1) is 21.0. The van der Waals surface area contributed by atoms with Crippen molar-refractivity contribution in [3.8, 4) is 16.9 Å². The molecular formula is C26H22N6O2. The van der Waals surface area contributed by atoms with E-state index in [4.69, 9.17) is 4.74 Å². The lowest BCUT2D eigenvalue weighted by Gasteiger charge is -2.09. The fourth-order valence-electron chi connectivity index (χ4n) is 3.57. The number of urea groups is 1. The lowest BCUT2D eigenvalue weighted by molar-refractivity contribution is 0.262. The quantitative estimate of drug-likeness (QED) is 0.304.